The smallest absolute Gasteiger partial charge is 0.139 e. The fourth-order valence-corrected chi connectivity index (χ4v) is 2.21. The summed E-state index contributed by atoms with van der Waals surface area (Å²) in [6.45, 7) is 5.84. The van der Waals surface area contributed by atoms with Gasteiger partial charge in [-0.3, -0.25) is 0 Å². The van der Waals surface area contributed by atoms with E-state index in [0.29, 0.717) is 28.4 Å². The van der Waals surface area contributed by atoms with Gasteiger partial charge < -0.3 is 10.1 Å². The highest BCUT2D eigenvalue weighted by Gasteiger charge is 2.05. The molecule has 0 aliphatic carbocycles. The summed E-state index contributed by atoms with van der Waals surface area (Å²) < 4.78 is 5.61. The van der Waals surface area contributed by atoms with Crippen molar-refractivity contribution in [2.75, 3.05) is 13.2 Å². The number of nitrogens with one attached hydrogen (secondary N) is 1. The standard InChI is InChI=1S/C15H23Cl2NO/c1-3-4-5-7-12(2)18-10-11-19-14-9-6-8-13(16)15(14)17/h6,8-9,12,18H,3-5,7,10-11H2,1-2H3. The molecule has 0 bridgehead atoms. The minimum atomic E-state index is 0.486. The largest absolute Gasteiger partial charge is 0.491 e. The number of benzene rings is 1. The van der Waals surface area contributed by atoms with Crippen molar-refractivity contribution in [3.05, 3.63) is 28.2 Å². The average molecular weight is 304 g/mol. The van der Waals surface area contributed by atoms with E-state index in [1.165, 1.54) is 25.7 Å². The fraction of sp³-hybridized carbons (Fsp3) is 0.600. The molecule has 2 nitrogen and oxygen atoms in total. The molecule has 1 aromatic rings. The van der Waals surface area contributed by atoms with Crippen LogP contribution in [0.4, 0.5) is 0 Å². The molecule has 0 amide bonds. The number of rotatable bonds is 9. The first-order valence-electron chi connectivity index (χ1n) is 6.95. The van der Waals surface area contributed by atoms with Gasteiger partial charge >= 0.3 is 0 Å². The lowest BCUT2D eigenvalue weighted by Crippen LogP contribution is -2.30. The molecule has 0 aliphatic rings. The number of halogens is 2. The van der Waals surface area contributed by atoms with Crippen LogP contribution in [0, 0.1) is 0 Å². The molecule has 0 aliphatic heterocycles. The predicted molar refractivity (Wildman–Crippen MR) is 83.6 cm³/mol. The van der Waals surface area contributed by atoms with Crippen LogP contribution < -0.4 is 10.1 Å². The van der Waals surface area contributed by atoms with Crippen LogP contribution in [0.15, 0.2) is 18.2 Å². The molecule has 1 atom stereocenters. The highest BCUT2D eigenvalue weighted by molar-refractivity contribution is 6.42. The van der Waals surface area contributed by atoms with Gasteiger partial charge in [-0.15, -0.1) is 0 Å². The Kier molecular flexibility index (Phi) is 8.27. The van der Waals surface area contributed by atoms with Crippen LogP contribution in [0.2, 0.25) is 10.0 Å². The molecule has 0 radical (unpaired) electrons. The van der Waals surface area contributed by atoms with Gasteiger partial charge in [-0.2, -0.15) is 0 Å². The number of unbranched alkanes of at least 4 members (excludes halogenated alkanes) is 2. The van der Waals surface area contributed by atoms with Gasteiger partial charge in [0.05, 0.1) is 5.02 Å². The SMILES string of the molecule is CCCCCC(C)NCCOc1cccc(Cl)c1Cl. The van der Waals surface area contributed by atoms with Crippen molar-refractivity contribution in [3.8, 4) is 5.75 Å². The molecule has 0 saturated carbocycles. The first kappa shape index (κ1) is 16.6. The normalized spacial score (nSPS) is 12.4. The van der Waals surface area contributed by atoms with Crippen molar-refractivity contribution in [3.63, 3.8) is 0 Å². The van der Waals surface area contributed by atoms with Gasteiger partial charge in [0.15, 0.2) is 0 Å². The lowest BCUT2D eigenvalue weighted by Gasteiger charge is -2.14. The van der Waals surface area contributed by atoms with Crippen molar-refractivity contribution >= 4 is 23.2 Å². The van der Waals surface area contributed by atoms with E-state index in [1.807, 2.05) is 12.1 Å². The minimum absolute atomic E-state index is 0.486. The molecule has 108 valence electrons. The maximum absolute atomic E-state index is 6.04. The van der Waals surface area contributed by atoms with Crippen molar-refractivity contribution in [2.24, 2.45) is 0 Å². The zero-order valence-electron chi connectivity index (χ0n) is 11.7. The number of ether oxygens (including phenoxy) is 1. The summed E-state index contributed by atoms with van der Waals surface area (Å²) in [6.07, 6.45) is 5.07. The van der Waals surface area contributed by atoms with Crippen LogP contribution in [0.3, 0.4) is 0 Å². The maximum atomic E-state index is 6.04. The molecule has 0 heterocycles. The zero-order valence-corrected chi connectivity index (χ0v) is 13.2. The lowest BCUT2D eigenvalue weighted by molar-refractivity contribution is 0.304. The van der Waals surface area contributed by atoms with Crippen LogP contribution in [-0.2, 0) is 0 Å². The molecule has 0 fully saturated rings. The topological polar surface area (TPSA) is 21.3 Å². The summed E-state index contributed by atoms with van der Waals surface area (Å²) in [7, 11) is 0. The molecule has 0 spiro atoms. The molecule has 0 aromatic heterocycles. The summed E-state index contributed by atoms with van der Waals surface area (Å²) >= 11 is 12.0. The van der Waals surface area contributed by atoms with E-state index in [0.717, 1.165) is 6.54 Å². The van der Waals surface area contributed by atoms with Gasteiger partial charge in [0.25, 0.3) is 0 Å². The van der Waals surface area contributed by atoms with Gasteiger partial charge in [-0.25, -0.2) is 0 Å². The van der Waals surface area contributed by atoms with Gasteiger partial charge in [-0.1, -0.05) is 55.5 Å². The van der Waals surface area contributed by atoms with Gasteiger partial charge in [-0.05, 0) is 25.5 Å². The second kappa shape index (κ2) is 9.46. The Balaban J connectivity index is 2.18. The molecule has 1 unspecified atom stereocenters. The Morgan fingerprint density at radius 2 is 2.05 bits per heavy atom. The van der Waals surface area contributed by atoms with Crippen LogP contribution in [0.1, 0.15) is 39.5 Å². The van der Waals surface area contributed by atoms with Gasteiger partial charge in [0, 0.05) is 12.6 Å². The molecular weight excluding hydrogens is 281 g/mol. The third-order valence-corrected chi connectivity index (χ3v) is 3.81. The Morgan fingerprint density at radius 3 is 2.79 bits per heavy atom. The predicted octanol–water partition coefficient (Wildman–Crippen LogP) is 4.93. The van der Waals surface area contributed by atoms with Gasteiger partial charge in [0.2, 0.25) is 0 Å². The van der Waals surface area contributed by atoms with Crippen LogP contribution >= 0.6 is 23.2 Å². The summed E-state index contributed by atoms with van der Waals surface area (Å²) in [5.41, 5.74) is 0. The molecule has 1 rings (SSSR count). The van der Waals surface area contributed by atoms with E-state index in [-0.39, 0.29) is 0 Å². The van der Waals surface area contributed by atoms with Gasteiger partial charge in [0.1, 0.15) is 17.4 Å². The molecule has 0 saturated heterocycles. The third-order valence-electron chi connectivity index (χ3n) is 3.01. The van der Waals surface area contributed by atoms with Crippen molar-refractivity contribution in [2.45, 2.75) is 45.6 Å². The van der Waals surface area contributed by atoms with E-state index in [2.05, 4.69) is 19.2 Å². The minimum Gasteiger partial charge on any atom is -0.491 e. The highest BCUT2D eigenvalue weighted by Crippen LogP contribution is 2.31. The second-order valence-electron chi connectivity index (χ2n) is 4.75. The summed E-state index contributed by atoms with van der Waals surface area (Å²) in [5.74, 6) is 0.648. The molecule has 4 heteroatoms. The Hall–Kier alpha value is -0.440. The number of hydrogen-bond acceptors (Lipinski definition) is 2. The summed E-state index contributed by atoms with van der Waals surface area (Å²) in [4.78, 5) is 0. The summed E-state index contributed by atoms with van der Waals surface area (Å²) in [6, 6.07) is 5.96. The molecule has 1 N–H and O–H groups in total. The van der Waals surface area contributed by atoms with E-state index in [1.54, 1.807) is 6.07 Å². The highest BCUT2D eigenvalue weighted by atomic mass is 35.5. The second-order valence-corrected chi connectivity index (χ2v) is 5.54. The van der Waals surface area contributed by atoms with Crippen LogP contribution in [-0.4, -0.2) is 19.2 Å². The average Bonchev–Trinajstić information content (AvgIpc) is 2.39. The van der Waals surface area contributed by atoms with E-state index in [9.17, 15) is 0 Å². The lowest BCUT2D eigenvalue weighted by atomic mass is 10.1. The van der Waals surface area contributed by atoms with E-state index < -0.39 is 0 Å². The molecule has 19 heavy (non-hydrogen) atoms. The Bertz CT molecular complexity index is 371. The Morgan fingerprint density at radius 1 is 1.26 bits per heavy atom. The fourth-order valence-electron chi connectivity index (χ4n) is 1.86. The van der Waals surface area contributed by atoms with Crippen molar-refractivity contribution in [1.29, 1.82) is 0 Å². The quantitative estimate of drug-likeness (QED) is 0.653. The molecular formula is C15H23Cl2NO. The van der Waals surface area contributed by atoms with Crippen molar-refractivity contribution < 1.29 is 4.74 Å². The Labute approximate surface area is 126 Å². The van der Waals surface area contributed by atoms with Crippen molar-refractivity contribution in [1.82, 2.24) is 5.32 Å². The monoisotopic (exact) mass is 303 g/mol. The number of hydrogen-bond donors (Lipinski definition) is 1. The van der Waals surface area contributed by atoms with E-state index in [4.69, 9.17) is 27.9 Å². The molecule has 1 aromatic carbocycles. The summed E-state index contributed by atoms with van der Waals surface area (Å²) in [5, 5.41) is 4.46. The zero-order chi connectivity index (χ0) is 14.1. The first-order valence-corrected chi connectivity index (χ1v) is 7.71. The van der Waals surface area contributed by atoms with Crippen LogP contribution in [0.25, 0.3) is 0 Å². The van der Waals surface area contributed by atoms with Crippen LogP contribution in [0.5, 0.6) is 5.75 Å². The third kappa shape index (κ3) is 6.51. The van der Waals surface area contributed by atoms with E-state index >= 15 is 0 Å². The maximum Gasteiger partial charge on any atom is 0.139 e. The first-order chi connectivity index (χ1) is 9.15.